The van der Waals surface area contributed by atoms with E-state index in [1.807, 2.05) is 19.9 Å². The van der Waals surface area contributed by atoms with Crippen molar-refractivity contribution in [3.05, 3.63) is 34.1 Å². The molecule has 1 fully saturated rings. The van der Waals surface area contributed by atoms with Crippen LogP contribution in [-0.4, -0.2) is 42.8 Å². The summed E-state index contributed by atoms with van der Waals surface area (Å²) in [5, 5.41) is 13.1. The van der Waals surface area contributed by atoms with Crippen LogP contribution < -0.4 is 5.32 Å². The molecule has 20 heavy (non-hydrogen) atoms. The zero-order valence-electron chi connectivity index (χ0n) is 12.0. The lowest BCUT2D eigenvalue weighted by molar-refractivity contribution is 0.0300. The van der Waals surface area contributed by atoms with Gasteiger partial charge in [-0.3, -0.25) is 4.90 Å². The van der Waals surface area contributed by atoms with Crippen LogP contribution in [0.1, 0.15) is 25.5 Å². The summed E-state index contributed by atoms with van der Waals surface area (Å²) in [5.74, 6) is -0.253. The number of halogens is 2. The summed E-state index contributed by atoms with van der Waals surface area (Å²) >= 11 is 3.37. The van der Waals surface area contributed by atoms with Crippen molar-refractivity contribution in [2.24, 2.45) is 5.41 Å². The second kappa shape index (κ2) is 6.52. The van der Waals surface area contributed by atoms with Gasteiger partial charge in [0.25, 0.3) is 0 Å². The fraction of sp³-hybridized carbons (Fsp3) is 0.600. The smallest absolute Gasteiger partial charge is 0.137 e. The monoisotopic (exact) mass is 344 g/mol. The predicted molar refractivity (Wildman–Crippen MR) is 82.2 cm³/mol. The van der Waals surface area contributed by atoms with Crippen LogP contribution in [0, 0.1) is 11.2 Å². The van der Waals surface area contributed by atoms with Gasteiger partial charge in [-0.25, -0.2) is 4.39 Å². The van der Waals surface area contributed by atoms with Crippen molar-refractivity contribution in [2.45, 2.75) is 19.9 Å². The van der Waals surface area contributed by atoms with Crippen molar-refractivity contribution in [2.75, 3.05) is 32.8 Å². The maximum atomic E-state index is 13.9. The van der Waals surface area contributed by atoms with Crippen molar-refractivity contribution in [3.63, 3.8) is 0 Å². The topological polar surface area (TPSA) is 35.5 Å². The van der Waals surface area contributed by atoms with E-state index in [0.29, 0.717) is 4.47 Å². The molecule has 0 radical (unpaired) electrons. The number of aliphatic hydroxyl groups excluding tert-OH is 1. The highest BCUT2D eigenvalue weighted by molar-refractivity contribution is 9.10. The van der Waals surface area contributed by atoms with Gasteiger partial charge in [0.2, 0.25) is 0 Å². The second-order valence-corrected chi connectivity index (χ2v) is 6.77. The Morgan fingerprint density at radius 3 is 2.65 bits per heavy atom. The van der Waals surface area contributed by atoms with E-state index in [1.54, 1.807) is 6.07 Å². The summed E-state index contributed by atoms with van der Waals surface area (Å²) in [5.41, 5.74) is 0.569. The average molecular weight is 345 g/mol. The van der Waals surface area contributed by atoms with E-state index in [-0.39, 0.29) is 23.9 Å². The molecule has 1 saturated heterocycles. The lowest BCUT2D eigenvalue weighted by Crippen LogP contribution is -2.49. The van der Waals surface area contributed by atoms with E-state index >= 15 is 0 Å². The molecule has 0 spiro atoms. The Morgan fingerprint density at radius 1 is 1.40 bits per heavy atom. The molecular formula is C15H22BrFN2O. The third-order valence-corrected chi connectivity index (χ3v) is 4.78. The van der Waals surface area contributed by atoms with Crippen LogP contribution >= 0.6 is 15.9 Å². The van der Waals surface area contributed by atoms with Gasteiger partial charge in [0.15, 0.2) is 0 Å². The fourth-order valence-electron chi connectivity index (χ4n) is 2.87. The fourth-order valence-corrected chi connectivity index (χ4v) is 3.35. The van der Waals surface area contributed by atoms with Crippen LogP contribution in [0.2, 0.25) is 0 Å². The Kier molecular flexibility index (Phi) is 5.18. The number of piperazine rings is 1. The summed E-state index contributed by atoms with van der Waals surface area (Å²) in [6.07, 6.45) is 0. The number of hydrogen-bond acceptors (Lipinski definition) is 3. The minimum atomic E-state index is -0.340. The molecule has 1 aromatic rings. The normalized spacial score (nSPS) is 19.1. The SMILES string of the molecule is CC(C)(CO)[C@@H](c1cccc(F)c1Br)N1CCNCC1. The summed E-state index contributed by atoms with van der Waals surface area (Å²) in [7, 11) is 0. The van der Waals surface area contributed by atoms with Gasteiger partial charge in [-0.05, 0) is 27.6 Å². The van der Waals surface area contributed by atoms with Gasteiger partial charge >= 0.3 is 0 Å². The molecule has 0 unspecified atom stereocenters. The first-order chi connectivity index (χ1) is 9.47. The second-order valence-electron chi connectivity index (χ2n) is 5.98. The maximum Gasteiger partial charge on any atom is 0.137 e. The van der Waals surface area contributed by atoms with E-state index in [2.05, 4.69) is 26.1 Å². The summed E-state index contributed by atoms with van der Waals surface area (Å²) < 4.78 is 14.4. The van der Waals surface area contributed by atoms with E-state index in [1.165, 1.54) is 6.07 Å². The van der Waals surface area contributed by atoms with Crippen LogP contribution in [0.5, 0.6) is 0 Å². The van der Waals surface area contributed by atoms with Gasteiger partial charge in [-0.1, -0.05) is 26.0 Å². The molecule has 0 bridgehead atoms. The van der Waals surface area contributed by atoms with E-state index in [0.717, 1.165) is 31.7 Å². The molecule has 0 aromatic heterocycles. The molecule has 5 heteroatoms. The zero-order valence-corrected chi connectivity index (χ0v) is 13.6. The highest BCUT2D eigenvalue weighted by Crippen LogP contribution is 2.41. The highest BCUT2D eigenvalue weighted by atomic mass is 79.9. The lowest BCUT2D eigenvalue weighted by atomic mass is 9.79. The molecule has 2 N–H and O–H groups in total. The Labute approximate surface area is 128 Å². The quantitative estimate of drug-likeness (QED) is 0.881. The molecule has 0 saturated carbocycles. The first-order valence-corrected chi connectivity index (χ1v) is 7.76. The number of nitrogens with zero attached hydrogens (tertiary/aromatic N) is 1. The number of aliphatic hydroxyl groups is 1. The third kappa shape index (κ3) is 3.22. The van der Waals surface area contributed by atoms with Gasteiger partial charge in [0.05, 0.1) is 4.47 Å². The summed E-state index contributed by atoms with van der Waals surface area (Å²) in [6.45, 7) is 7.75. The number of benzene rings is 1. The molecule has 1 aromatic carbocycles. The van der Waals surface area contributed by atoms with Gasteiger partial charge in [0.1, 0.15) is 5.82 Å². The number of nitrogens with one attached hydrogen (secondary N) is 1. The van der Waals surface area contributed by atoms with E-state index in [4.69, 9.17) is 0 Å². The first-order valence-electron chi connectivity index (χ1n) is 6.97. The standard InChI is InChI=1S/C15H22BrFN2O/c1-15(2,10-20)14(19-8-6-18-7-9-19)11-4-3-5-12(17)13(11)16/h3-5,14,18,20H,6-10H2,1-2H3/t14-/m1/s1. The molecule has 2 rings (SSSR count). The number of hydrogen-bond donors (Lipinski definition) is 2. The van der Waals surface area contributed by atoms with Gasteiger partial charge in [-0.2, -0.15) is 0 Å². The molecule has 1 aliphatic heterocycles. The van der Waals surface area contributed by atoms with E-state index in [9.17, 15) is 9.50 Å². The van der Waals surface area contributed by atoms with Gasteiger partial charge in [-0.15, -0.1) is 0 Å². The molecule has 112 valence electrons. The van der Waals surface area contributed by atoms with Crippen LogP contribution in [0.3, 0.4) is 0 Å². The lowest BCUT2D eigenvalue weighted by Gasteiger charge is -2.43. The van der Waals surface area contributed by atoms with E-state index < -0.39 is 0 Å². The predicted octanol–water partition coefficient (Wildman–Crippen LogP) is 2.55. The van der Waals surface area contributed by atoms with Gasteiger partial charge < -0.3 is 10.4 Å². The molecular weight excluding hydrogens is 323 g/mol. The molecule has 1 atom stereocenters. The first kappa shape index (κ1) is 15.9. The third-order valence-electron chi connectivity index (χ3n) is 3.94. The van der Waals surface area contributed by atoms with Gasteiger partial charge in [0, 0.05) is 44.2 Å². The van der Waals surface area contributed by atoms with Crippen molar-refractivity contribution >= 4 is 15.9 Å². The Bertz CT molecular complexity index is 461. The largest absolute Gasteiger partial charge is 0.396 e. The van der Waals surface area contributed by atoms with Crippen LogP contribution in [0.4, 0.5) is 4.39 Å². The Morgan fingerprint density at radius 2 is 2.05 bits per heavy atom. The van der Waals surface area contributed by atoms with Crippen LogP contribution in [0.15, 0.2) is 22.7 Å². The van der Waals surface area contributed by atoms with Crippen molar-refractivity contribution < 1.29 is 9.50 Å². The van der Waals surface area contributed by atoms with Crippen LogP contribution in [-0.2, 0) is 0 Å². The maximum absolute atomic E-state index is 13.9. The Hall–Kier alpha value is -0.490. The average Bonchev–Trinajstić information content (AvgIpc) is 2.45. The van der Waals surface area contributed by atoms with Crippen LogP contribution in [0.25, 0.3) is 0 Å². The van der Waals surface area contributed by atoms with Crippen molar-refractivity contribution in [3.8, 4) is 0 Å². The highest BCUT2D eigenvalue weighted by Gasteiger charge is 2.37. The molecule has 0 amide bonds. The summed E-state index contributed by atoms with van der Waals surface area (Å²) in [6, 6.07) is 5.11. The molecule has 3 nitrogen and oxygen atoms in total. The summed E-state index contributed by atoms with van der Waals surface area (Å²) in [4.78, 5) is 2.33. The minimum Gasteiger partial charge on any atom is -0.396 e. The number of rotatable bonds is 4. The Balaban J connectivity index is 2.42. The molecule has 0 aliphatic carbocycles. The molecule has 1 aliphatic rings. The zero-order chi connectivity index (χ0) is 14.8. The van der Waals surface area contributed by atoms with Crippen molar-refractivity contribution in [1.82, 2.24) is 10.2 Å². The van der Waals surface area contributed by atoms with Crippen molar-refractivity contribution in [1.29, 1.82) is 0 Å². The molecule has 1 heterocycles. The minimum absolute atomic E-state index is 0.0142.